The Bertz CT molecular complexity index is 1710. The molecular formula is C31H36ClN7O3S2. The van der Waals surface area contributed by atoms with Crippen LogP contribution < -0.4 is 15.2 Å². The lowest BCUT2D eigenvalue weighted by atomic mass is 9.73. The largest absolute Gasteiger partial charge is 0.598 e. The lowest BCUT2D eigenvalue weighted by Crippen LogP contribution is -2.50. The maximum atomic E-state index is 13.2. The first-order chi connectivity index (χ1) is 21.1. The van der Waals surface area contributed by atoms with Gasteiger partial charge in [0.05, 0.1) is 47.6 Å². The topological polar surface area (TPSA) is 121 Å². The second kappa shape index (κ2) is 12.6. The molecule has 44 heavy (non-hydrogen) atoms. The van der Waals surface area contributed by atoms with Crippen molar-refractivity contribution in [1.82, 2.24) is 29.5 Å². The minimum atomic E-state index is -1.18. The molecule has 13 heteroatoms. The Morgan fingerprint density at radius 1 is 1.16 bits per heavy atom. The Morgan fingerprint density at radius 2 is 1.93 bits per heavy atom. The number of benzene rings is 2. The Hall–Kier alpha value is -2.74. The van der Waals surface area contributed by atoms with Gasteiger partial charge in [-0.2, -0.15) is 0 Å². The van der Waals surface area contributed by atoms with Gasteiger partial charge in [0.25, 0.3) is 5.56 Å². The first-order valence-corrected chi connectivity index (χ1v) is 17.0. The van der Waals surface area contributed by atoms with E-state index in [1.54, 1.807) is 19.4 Å². The lowest BCUT2D eigenvalue weighted by Gasteiger charge is -2.43. The van der Waals surface area contributed by atoms with Crippen molar-refractivity contribution in [2.24, 2.45) is 5.41 Å². The summed E-state index contributed by atoms with van der Waals surface area (Å²) >= 11 is 6.84. The van der Waals surface area contributed by atoms with Crippen LogP contribution in [0.15, 0.2) is 63.6 Å². The van der Waals surface area contributed by atoms with Gasteiger partial charge < -0.3 is 14.2 Å². The number of aromatic nitrogens is 5. The van der Waals surface area contributed by atoms with E-state index in [2.05, 4.69) is 54.1 Å². The van der Waals surface area contributed by atoms with Gasteiger partial charge in [0, 0.05) is 41.9 Å². The highest BCUT2D eigenvalue weighted by Crippen LogP contribution is 2.52. The molecule has 0 amide bonds. The van der Waals surface area contributed by atoms with Gasteiger partial charge in [-0.15, -0.1) is 14.9 Å². The summed E-state index contributed by atoms with van der Waals surface area (Å²) in [4.78, 5) is 24.9. The van der Waals surface area contributed by atoms with Crippen LogP contribution in [0.25, 0.3) is 10.9 Å². The third-order valence-corrected chi connectivity index (χ3v) is 11.5. The highest BCUT2D eigenvalue weighted by Gasteiger charge is 2.50. The van der Waals surface area contributed by atoms with Crippen molar-refractivity contribution in [3.63, 3.8) is 0 Å². The number of nitrogens with zero attached hydrogens (tertiary/aromatic N) is 6. The standard InChI is InChI=1S/C31H36ClN7O3S2/c1-30(2,3)44(41)37-27-21-8-6-5-7-20(21)17-31(27)11-13-38(14-12-31)29-33-18-24(35-36-29)43-23-10-9-22-25(26(23)32)28(40)39(19-34-22)15-16-42-4/h5-10,18-19,27,37H,11-17H2,1-4H3/t27-,44?/m1/s1. The number of hydrogen-bond acceptors (Lipinski definition) is 10. The molecule has 0 radical (unpaired) electrons. The molecule has 0 bridgehead atoms. The number of methoxy groups -OCH3 is 1. The normalized spacial score (nSPS) is 18.6. The van der Waals surface area contributed by atoms with Crippen LogP contribution in [0.2, 0.25) is 5.02 Å². The van der Waals surface area contributed by atoms with Crippen LogP contribution in [0.1, 0.15) is 50.8 Å². The van der Waals surface area contributed by atoms with Gasteiger partial charge >= 0.3 is 0 Å². The zero-order valence-corrected chi connectivity index (χ0v) is 27.6. The SMILES string of the molecule is COCCn1cnc2ccc(Sc3cnc(N4CCC5(CC4)Cc4ccccc4[C@H]5N[S+]([O-])C(C)(C)C)nn3)c(Cl)c2c1=O. The molecular weight excluding hydrogens is 618 g/mol. The quantitative estimate of drug-likeness (QED) is 0.261. The van der Waals surface area contributed by atoms with E-state index in [1.165, 1.54) is 33.8 Å². The second-order valence-corrected chi connectivity index (χ2v) is 15.8. The van der Waals surface area contributed by atoms with E-state index in [0.29, 0.717) is 44.9 Å². The Balaban J connectivity index is 1.16. The average molecular weight is 654 g/mol. The Morgan fingerprint density at radius 3 is 2.64 bits per heavy atom. The van der Waals surface area contributed by atoms with E-state index in [4.69, 9.17) is 16.3 Å². The number of anilines is 1. The third kappa shape index (κ3) is 6.08. The van der Waals surface area contributed by atoms with Crippen LogP contribution in [0, 0.1) is 5.41 Å². The Kier molecular flexibility index (Phi) is 8.93. The first-order valence-electron chi connectivity index (χ1n) is 14.6. The summed E-state index contributed by atoms with van der Waals surface area (Å²) < 4.78 is 23.0. The van der Waals surface area contributed by atoms with Crippen molar-refractivity contribution in [3.05, 3.63) is 75.4 Å². The second-order valence-electron chi connectivity index (χ2n) is 12.4. The summed E-state index contributed by atoms with van der Waals surface area (Å²) in [5, 5.41) is 10.2. The van der Waals surface area contributed by atoms with Gasteiger partial charge in [0.15, 0.2) is 0 Å². The predicted octanol–water partition coefficient (Wildman–Crippen LogP) is 4.97. The lowest BCUT2D eigenvalue weighted by molar-refractivity contribution is 0.175. The van der Waals surface area contributed by atoms with Gasteiger partial charge in [-0.05, 0) is 63.3 Å². The molecule has 0 saturated carbocycles. The van der Waals surface area contributed by atoms with Crippen molar-refractivity contribution in [2.75, 3.05) is 31.7 Å². The molecule has 2 aromatic heterocycles. The van der Waals surface area contributed by atoms with Crippen LogP contribution >= 0.6 is 23.4 Å². The molecule has 1 unspecified atom stereocenters. The van der Waals surface area contributed by atoms with Gasteiger partial charge in [0.2, 0.25) is 5.95 Å². The zero-order chi connectivity index (χ0) is 31.1. The van der Waals surface area contributed by atoms with Gasteiger partial charge in [0.1, 0.15) is 9.77 Å². The number of fused-ring (bicyclic) bond motifs is 2. The molecule has 1 aliphatic heterocycles. The van der Waals surface area contributed by atoms with E-state index in [0.717, 1.165) is 32.4 Å². The van der Waals surface area contributed by atoms with Crippen molar-refractivity contribution < 1.29 is 9.29 Å². The smallest absolute Gasteiger partial charge is 0.262 e. The van der Waals surface area contributed by atoms with Crippen LogP contribution in [0.3, 0.4) is 0 Å². The molecule has 232 valence electrons. The van der Waals surface area contributed by atoms with Gasteiger partial charge in [-0.3, -0.25) is 9.36 Å². The van der Waals surface area contributed by atoms with Crippen LogP contribution in [-0.4, -0.2) is 60.8 Å². The zero-order valence-electron chi connectivity index (χ0n) is 25.2. The van der Waals surface area contributed by atoms with E-state index in [1.807, 2.05) is 26.8 Å². The molecule has 2 aliphatic rings. The minimum absolute atomic E-state index is 0.0197. The molecule has 4 aromatic rings. The molecule has 1 aliphatic carbocycles. The first kappa shape index (κ1) is 31.3. The van der Waals surface area contributed by atoms with Crippen molar-refractivity contribution in [3.8, 4) is 0 Å². The van der Waals surface area contributed by atoms with E-state index in [-0.39, 0.29) is 21.8 Å². The molecule has 3 heterocycles. The molecule has 1 fully saturated rings. The number of nitrogens with one attached hydrogen (secondary N) is 1. The van der Waals surface area contributed by atoms with Crippen LogP contribution in [-0.2, 0) is 29.1 Å². The van der Waals surface area contributed by atoms with Crippen molar-refractivity contribution in [1.29, 1.82) is 0 Å². The summed E-state index contributed by atoms with van der Waals surface area (Å²) in [5.41, 5.74) is 2.89. The van der Waals surface area contributed by atoms with Gasteiger partial charge in [-0.25, -0.2) is 9.97 Å². The highest BCUT2D eigenvalue weighted by molar-refractivity contribution is 7.99. The van der Waals surface area contributed by atoms with E-state index < -0.39 is 11.4 Å². The van der Waals surface area contributed by atoms with Crippen LogP contribution in [0.4, 0.5) is 5.95 Å². The molecule has 2 aromatic carbocycles. The molecule has 1 N–H and O–H groups in total. The summed E-state index contributed by atoms with van der Waals surface area (Å²) in [6.07, 6.45) is 6.01. The average Bonchev–Trinajstić information content (AvgIpc) is 3.30. The fourth-order valence-electron chi connectivity index (χ4n) is 6.05. The van der Waals surface area contributed by atoms with Crippen LogP contribution in [0.5, 0.6) is 0 Å². The number of halogens is 1. The van der Waals surface area contributed by atoms with Crippen molar-refractivity contribution >= 4 is 51.6 Å². The molecule has 10 nitrogen and oxygen atoms in total. The number of ether oxygens (including phenoxy) is 1. The fraction of sp³-hybridized carbons (Fsp3) is 0.452. The number of hydrogen-bond donors (Lipinski definition) is 1. The maximum Gasteiger partial charge on any atom is 0.262 e. The summed E-state index contributed by atoms with van der Waals surface area (Å²) in [7, 11) is 1.59. The summed E-state index contributed by atoms with van der Waals surface area (Å²) in [5.74, 6) is 0.581. The summed E-state index contributed by atoms with van der Waals surface area (Å²) in [6, 6.07) is 12.2. The number of piperidine rings is 1. The predicted molar refractivity (Wildman–Crippen MR) is 175 cm³/mol. The fourth-order valence-corrected chi connectivity index (χ4v) is 8.10. The van der Waals surface area contributed by atoms with E-state index in [9.17, 15) is 9.35 Å². The molecule has 1 spiro atoms. The van der Waals surface area contributed by atoms with E-state index >= 15 is 0 Å². The third-order valence-electron chi connectivity index (χ3n) is 8.52. The molecule has 1 saturated heterocycles. The maximum absolute atomic E-state index is 13.2. The monoisotopic (exact) mass is 653 g/mol. The molecule has 2 atom stereocenters. The Labute approximate surface area is 269 Å². The highest BCUT2D eigenvalue weighted by atomic mass is 35.5. The number of rotatable bonds is 8. The molecule has 6 rings (SSSR count). The van der Waals surface area contributed by atoms with Gasteiger partial charge in [-0.1, -0.05) is 47.6 Å². The minimum Gasteiger partial charge on any atom is -0.598 e. The summed E-state index contributed by atoms with van der Waals surface area (Å²) in [6.45, 7) is 8.36. The van der Waals surface area contributed by atoms with Crippen molar-refractivity contribution in [2.45, 2.75) is 67.3 Å².